The Balaban J connectivity index is 1.18. The van der Waals surface area contributed by atoms with Gasteiger partial charge in [0.25, 0.3) is 0 Å². The number of likely N-dealkylation sites (tertiary alicyclic amines) is 1. The summed E-state index contributed by atoms with van der Waals surface area (Å²) in [5.41, 5.74) is 3.22. The summed E-state index contributed by atoms with van der Waals surface area (Å²) in [7, 11) is 0. The predicted molar refractivity (Wildman–Crippen MR) is 159 cm³/mol. The van der Waals surface area contributed by atoms with Crippen LogP contribution in [-0.4, -0.2) is 54.5 Å². The molecule has 0 bridgehead atoms. The van der Waals surface area contributed by atoms with Crippen LogP contribution in [0.1, 0.15) is 44.9 Å². The van der Waals surface area contributed by atoms with Crippen LogP contribution in [0.15, 0.2) is 67.0 Å². The molecule has 1 atom stereocenters. The smallest absolute Gasteiger partial charge is 0.310 e. The van der Waals surface area contributed by atoms with Gasteiger partial charge < -0.3 is 15.4 Å². The lowest BCUT2D eigenvalue weighted by atomic mass is 9.97. The van der Waals surface area contributed by atoms with E-state index in [1.54, 1.807) is 24.5 Å². The third kappa shape index (κ3) is 8.04. The monoisotopic (exact) mass is 552 g/mol. The van der Waals surface area contributed by atoms with Crippen molar-refractivity contribution in [3.8, 4) is 11.5 Å². The van der Waals surface area contributed by atoms with E-state index in [0.29, 0.717) is 29.1 Å². The lowest BCUT2D eigenvalue weighted by Crippen LogP contribution is -2.40. The summed E-state index contributed by atoms with van der Waals surface area (Å²) in [5, 5.41) is 6.49. The van der Waals surface area contributed by atoms with Crippen LogP contribution in [-0.2, 0) is 16.1 Å². The summed E-state index contributed by atoms with van der Waals surface area (Å²) in [6.45, 7) is 10.2. The number of ether oxygens (including phenoxy) is 1. The minimum absolute atomic E-state index is 0.0740. The molecule has 1 fully saturated rings. The van der Waals surface area contributed by atoms with Crippen molar-refractivity contribution in [3.05, 3.63) is 78.2 Å². The van der Waals surface area contributed by atoms with Gasteiger partial charge in [0.1, 0.15) is 22.9 Å². The zero-order valence-electron chi connectivity index (χ0n) is 24.0. The van der Waals surface area contributed by atoms with Gasteiger partial charge in [0.2, 0.25) is 5.95 Å². The minimum Gasteiger partial charge on any atom is -0.460 e. The van der Waals surface area contributed by atoms with E-state index in [2.05, 4.69) is 52.6 Å². The molecule has 212 valence electrons. The molecule has 0 spiro atoms. The highest BCUT2D eigenvalue weighted by Crippen LogP contribution is 2.24. The molecule has 1 saturated heterocycles. The summed E-state index contributed by atoms with van der Waals surface area (Å²) in [6.07, 6.45) is 5.25. The normalized spacial score (nSPS) is 15.8. The Hall–Kier alpha value is -4.44. The van der Waals surface area contributed by atoms with Gasteiger partial charge in [-0.25, -0.2) is 19.9 Å². The number of carbonyl (C=O) groups is 1. The first-order chi connectivity index (χ1) is 19.7. The maximum Gasteiger partial charge on any atom is 0.310 e. The Morgan fingerprint density at radius 3 is 2.46 bits per heavy atom. The Morgan fingerprint density at radius 2 is 1.71 bits per heavy atom. The quantitative estimate of drug-likeness (QED) is 0.264. The molecule has 0 saturated carbocycles. The summed E-state index contributed by atoms with van der Waals surface area (Å²) >= 11 is 0. The van der Waals surface area contributed by atoms with Crippen LogP contribution in [0.4, 0.5) is 23.3 Å². The molecule has 0 radical (unpaired) electrons. The van der Waals surface area contributed by atoms with Crippen LogP contribution in [0, 0.1) is 12.8 Å². The highest BCUT2D eigenvalue weighted by Gasteiger charge is 2.29. The van der Waals surface area contributed by atoms with Crippen LogP contribution < -0.4 is 10.6 Å². The van der Waals surface area contributed by atoms with Gasteiger partial charge in [0.05, 0.1) is 5.92 Å². The van der Waals surface area contributed by atoms with Crippen molar-refractivity contribution >= 4 is 29.2 Å². The number of nitrogens with zero attached hydrogens (tertiary/aromatic N) is 6. The molecule has 1 aliphatic rings. The van der Waals surface area contributed by atoms with E-state index in [-0.39, 0.29) is 11.9 Å². The number of benzene rings is 1. The molecule has 1 aromatic carbocycles. The number of rotatable bonds is 8. The number of anilines is 4. The van der Waals surface area contributed by atoms with Gasteiger partial charge in [0.15, 0.2) is 5.82 Å². The largest absolute Gasteiger partial charge is 0.460 e. The lowest BCUT2D eigenvalue weighted by molar-refractivity contribution is -0.162. The number of hydrogen-bond donors (Lipinski definition) is 2. The fourth-order valence-electron chi connectivity index (χ4n) is 4.70. The Labute approximate surface area is 240 Å². The van der Waals surface area contributed by atoms with Gasteiger partial charge >= 0.3 is 5.97 Å². The predicted octanol–water partition coefficient (Wildman–Crippen LogP) is 5.68. The summed E-state index contributed by atoms with van der Waals surface area (Å²) in [6, 6.07) is 17.5. The molecule has 5 rings (SSSR count). The second-order valence-corrected chi connectivity index (χ2v) is 11.2. The average molecular weight is 553 g/mol. The van der Waals surface area contributed by atoms with E-state index < -0.39 is 5.60 Å². The molecule has 1 aliphatic heterocycles. The Kier molecular flexibility index (Phi) is 8.49. The van der Waals surface area contributed by atoms with Crippen LogP contribution in [0.5, 0.6) is 0 Å². The molecule has 4 heterocycles. The SMILES string of the molecule is Cc1cccc(-c2nccc(Nc3ccnc(Nc4ccc(CN5CCC[C@@H](C(=O)OC(C)(C)C)C5)cc4)n3)n2)n1. The summed E-state index contributed by atoms with van der Waals surface area (Å²) < 4.78 is 5.62. The number of esters is 1. The zero-order valence-corrected chi connectivity index (χ0v) is 24.0. The van der Waals surface area contributed by atoms with Crippen molar-refractivity contribution < 1.29 is 9.53 Å². The van der Waals surface area contributed by atoms with Crippen molar-refractivity contribution in [2.24, 2.45) is 5.92 Å². The highest BCUT2D eigenvalue weighted by molar-refractivity contribution is 5.73. The van der Waals surface area contributed by atoms with Gasteiger partial charge in [-0.15, -0.1) is 0 Å². The van der Waals surface area contributed by atoms with Crippen molar-refractivity contribution in [3.63, 3.8) is 0 Å². The zero-order chi connectivity index (χ0) is 28.8. The van der Waals surface area contributed by atoms with E-state index >= 15 is 0 Å². The fraction of sp³-hybridized carbons (Fsp3) is 0.355. The average Bonchev–Trinajstić information content (AvgIpc) is 2.94. The van der Waals surface area contributed by atoms with E-state index in [0.717, 1.165) is 43.9 Å². The number of carbonyl (C=O) groups excluding carboxylic acids is 1. The van der Waals surface area contributed by atoms with Crippen LogP contribution in [0.25, 0.3) is 11.5 Å². The van der Waals surface area contributed by atoms with Gasteiger partial charge in [-0.3, -0.25) is 9.69 Å². The first kappa shape index (κ1) is 28.1. The van der Waals surface area contributed by atoms with E-state index in [1.807, 2.05) is 58.0 Å². The molecule has 10 nitrogen and oxygen atoms in total. The van der Waals surface area contributed by atoms with Gasteiger partial charge in [-0.2, -0.15) is 4.98 Å². The second-order valence-electron chi connectivity index (χ2n) is 11.2. The summed E-state index contributed by atoms with van der Waals surface area (Å²) in [5.74, 6) is 2.05. The van der Waals surface area contributed by atoms with E-state index in [1.165, 1.54) is 5.56 Å². The van der Waals surface area contributed by atoms with E-state index in [9.17, 15) is 4.79 Å². The molecule has 10 heteroatoms. The van der Waals surface area contributed by atoms with Crippen molar-refractivity contribution in [1.29, 1.82) is 0 Å². The first-order valence-electron chi connectivity index (χ1n) is 13.9. The number of pyridine rings is 1. The molecular weight excluding hydrogens is 516 g/mol. The fourth-order valence-corrected chi connectivity index (χ4v) is 4.70. The van der Waals surface area contributed by atoms with Crippen molar-refractivity contribution in [1.82, 2.24) is 29.8 Å². The first-order valence-corrected chi connectivity index (χ1v) is 13.9. The van der Waals surface area contributed by atoms with Crippen LogP contribution in [0.2, 0.25) is 0 Å². The van der Waals surface area contributed by atoms with Gasteiger partial charge in [0, 0.05) is 36.9 Å². The number of piperidine rings is 1. The standard InChI is InChI=1S/C31H36N8O2/c1-21-7-5-9-25(34-21)28-32-16-14-26(37-28)36-27-15-17-33-30(38-27)35-24-12-10-22(11-13-24)19-39-18-6-8-23(20-39)29(40)41-31(2,3)4/h5,7,9-17,23H,6,8,18-20H2,1-4H3,(H2,32,33,35,36,37,38)/t23-/m1/s1. The third-order valence-corrected chi connectivity index (χ3v) is 6.55. The number of aromatic nitrogens is 5. The van der Waals surface area contributed by atoms with Crippen molar-refractivity contribution in [2.45, 2.75) is 52.7 Å². The number of hydrogen-bond acceptors (Lipinski definition) is 10. The Morgan fingerprint density at radius 1 is 0.951 bits per heavy atom. The Bertz CT molecular complexity index is 1490. The molecule has 41 heavy (non-hydrogen) atoms. The molecule has 3 aromatic heterocycles. The van der Waals surface area contributed by atoms with Gasteiger partial charge in [-0.05, 0) is 89.0 Å². The molecular formula is C31H36N8O2. The number of nitrogens with one attached hydrogen (secondary N) is 2. The van der Waals surface area contributed by atoms with Crippen molar-refractivity contribution in [2.75, 3.05) is 23.7 Å². The van der Waals surface area contributed by atoms with Crippen LogP contribution >= 0.6 is 0 Å². The molecule has 0 aliphatic carbocycles. The highest BCUT2D eigenvalue weighted by atomic mass is 16.6. The maximum atomic E-state index is 12.6. The lowest BCUT2D eigenvalue weighted by Gasteiger charge is -2.33. The molecule has 4 aromatic rings. The van der Waals surface area contributed by atoms with Crippen LogP contribution in [0.3, 0.4) is 0 Å². The molecule has 2 N–H and O–H groups in total. The number of aryl methyl sites for hydroxylation is 1. The topological polar surface area (TPSA) is 118 Å². The molecule has 0 amide bonds. The third-order valence-electron chi connectivity index (χ3n) is 6.55. The van der Waals surface area contributed by atoms with E-state index in [4.69, 9.17) is 4.74 Å². The summed E-state index contributed by atoms with van der Waals surface area (Å²) in [4.78, 5) is 37.3. The molecule has 0 unspecified atom stereocenters. The minimum atomic E-state index is -0.458. The second kappa shape index (κ2) is 12.4. The maximum absolute atomic E-state index is 12.6. The van der Waals surface area contributed by atoms with Gasteiger partial charge in [-0.1, -0.05) is 18.2 Å².